The highest BCUT2D eigenvalue weighted by Gasteiger charge is 2.58. The van der Waals surface area contributed by atoms with E-state index < -0.39 is 37.9 Å². The summed E-state index contributed by atoms with van der Waals surface area (Å²) in [4.78, 5) is 40.9. The summed E-state index contributed by atoms with van der Waals surface area (Å²) in [5.41, 5.74) is -1.26. The predicted octanol–water partition coefficient (Wildman–Crippen LogP) is 2.47. The van der Waals surface area contributed by atoms with Gasteiger partial charge in [0.2, 0.25) is 11.5 Å². The number of methoxy groups -OCH3 is 1. The van der Waals surface area contributed by atoms with E-state index in [-0.39, 0.29) is 31.4 Å². The maximum absolute atomic E-state index is 13.1. The summed E-state index contributed by atoms with van der Waals surface area (Å²) in [5.74, 6) is -0.847. The van der Waals surface area contributed by atoms with Crippen LogP contribution < -0.4 is 11.0 Å². The summed E-state index contributed by atoms with van der Waals surface area (Å²) >= 11 is 0. The first-order valence-electron chi connectivity index (χ1n) is 11.0. The van der Waals surface area contributed by atoms with Crippen LogP contribution in [0.3, 0.4) is 0 Å². The van der Waals surface area contributed by atoms with Crippen molar-refractivity contribution in [3.05, 3.63) is 58.6 Å². The standard InChI is InChI=1S/C23H31N3O7Si/c1-16(27)24-19-11-12-26(22(29)25-19)20-13-18(33-34(3,4)5)23(32-20,21(28)30-2)15-31-14-17-9-7-6-8-10-17/h6-12,18,20H,13-15H2,1-5H3,(H,24,25,27,29)/t18-,20-,23+/m0/s1. The summed E-state index contributed by atoms with van der Waals surface area (Å²) < 4.78 is 24.9. The van der Waals surface area contributed by atoms with Gasteiger partial charge in [-0.15, -0.1) is 0 Å². The Morgan fingerprint density at radius 2 is 1.94 bits per heavy atom. The van der Waals surface area contributed by atoms with Crippen LogP contribution in [-0.2, 0) is 34.8 Å². The molecule has 1 aliphatic heterocycles. The third-order valence-corrected chi connectivity index (χ3v) is 6.17. The third-order valence-electron chi connectivity index (χ3n) is 5.18. The molecule has 184 valence electrons. The summed E-state index contributed by atoms with van der Waals surface area (Å²) in [6.07, 6.45) is 0.144. The molecule has 1 amide bonds. The molecule has 0 unspecified atom stereocenters. The van der Waals surface area contributed by atoms with Crippen molar-refractivity contribution in [3.8, 4) is 0 Å². The van der Waals surface area contributed by atoms with Gasteiger partial charge in [0.15, 0.2) is 8.32 Å². The molecule has 0 bridgehead atoms. The molecule has 0 spiro atoms. The molecular weight excluding hydrogens is 458 g/mol. The van der Waals surface area contributed by atoms with Crippen molar-refractivity contribution in [2.24, 2.45) is 0 Å². The molecule has 3 atom stereocenters. The van der Waals surface area contributed by atoms with Gasteiger partial charge >= 0.3 is 11.7 Å². The van der Waals surface area contributed by atoms with Crippen molar-refractivity contribution in [1.29, 1.82) is 0 Å². The van der Waals surface area contributed by atoms with Gasteiger partial charge in [-0.1, -0.05) is 30.3 Å². The van der Waals surface area contributed by atoms with E-state index in [0.717, 1.165) is 5.56 Å². The fourth-order valence-corrected chi connectivity index (χ4v) is 4.94. The number of benzene rings is 1. The lowest BCUT2D eigenvalue weighted by Gasteiger charge is -2.34. The second kappa shape index (κ2) is 10.6. The van der Waals surface area contributed by atoms with Crippen LogP contribution in [0, 0.1) is 0 Å². The largest absolute Gasteiger partial charge is 0.467 e. The molecule has 1 fully saturated rings. The van der Waals surface area contributed by atoms with E-state index >= 15 is 0 Å². The molecule has 0 radical (unpaired) electrons. The molecule has 1 aliphatic rings. The van der Waals surface area contributed by atoms with Crippen molar-refractivity contribution in [1.82, 2.24) is 9.55 Å². The number of esters is 1. The third kappa shape index (κ3) is 6.17. The van der Waals surface area contributed by atoms with Crippen LogP contribution in [0.1, 0.15) is 25.1 Å². The Morgan fingerprint density at radius 3 is 2.53 bits per heavy atom. The Labute approximate surface area is 199 Å². The van der Waals surface area contributed by atoms with Crippen LogP contribution in [-0.4, -0.2) is 55.2 Å². The summed E-state index contributed by atoms with van der Waals surface area (Å²) in [6.45, 7) is 7.48. The Hall–Kier alpha value is -2.86. The molecule has 2 aromatic rings. The smallest absolute Gasteiger partial charge is 0.351 e. The lowest BCUT2D eigenvalue weighted by molar-refractivity contribution is -0.191. The van der Waals surface area contributed by atoms with Crippen molar-refractivity contribution >= 4 is 26.0 Å². The molecule has 0 aliphatic carbocycles. The first kappa shape index (κ1) is 25.8. The van der Waals surface area contributed by atoms with Gasteiger partial charge in [-0.25, -0.2) is 9.59 Å². The quantitative estimate of drug-likeness (QED) is 0.422. The number of nitrogens with zero attached hydrogens (tertiary/aromatic N) is 2. The lowest BCUT2D eigenvalue weighted by Crippen LogP contribution is -2.55. The number of hydrogen-bond donors (Lipinski definition) is 1. The monoisotopic (exact) mass is 489 g/mol. The van der Waals surface area contributed by atoms with Gasteiger partial charge in [0.25, 0.3) is 0 Å². The van der Waals surface area contributed by atoms with E-state index in [0.29, 0.717) is 0 Å². The van der Waals surface area contributed by atoms with Crippen molar-refractivity contribution in [2.45, 2.75) is 57.5 Å². The number of carbonyl (C=O) groups excluding carboxylic acids is 2. The molecule has 1 saturated heterocycles. The van der Waals surface area contributed by atoms with Crippen molar-refractivity contribution in [2.75, 3.05) is 19.0 Å². The average Bonchev–Trinajstić information content (AvgIpc) is 3.10. The number of ether oxygens (including phenoxy) is 3. The van der Waals surface area contributed by atoms with Crippen molar-refractivity contribution < 1.29 is 28.2 Å². The molecule has 2 heterocycles. The van der Waals surface area contributed by atoms with Crippen LogP contribution in [0.2, 0.25) is 19.6 Å². The molecule has 3 rings (SSSR count). The number of anilines is 1. The number of hydrogen-bond acceptors (Lipinski definition) is 8. The summed E-state index contributed by atoms with van der Waals surface area (Å²) in [5, 5.41) is 2.47. The van der Waals surface area contributed by atoms with E-state index in [1.807, 2.05) is 50.0 Å². The molecule has 0 saturated carbocycles. The van der Waals surface area contributed by atoms with Gasteiger partial charge in [-0.2, -0.15) is 4.98 Å². The minimum absolute atomic E-state index is 0.119. The number of rotatable bonds is 9. The highest BCUT2D eigenvalue weighted by Crippen LogP contribution is 2.41. The predicted molar refractivity (Wildman–Crippen MR) is 127 cm³/mol. The van der Waals surface area contributed by atoms with E-state index in [4.69, 9.17) is 18.6 Å². The number of aromatic nitrogens is 2. The molecular formula is C23H31N3O7Si. The highest BCUT2D eigenvalue weighted by atomic mass is 28.4. The van der Waals surface area contributed by atoms with Crippen LogP contribution in [0.25, 0.3) is 0 Å². The molecule has 1 aromatic carbocycles. The maximum Gasteiger partial charge on any atom is 0.351 e. The minimum Gasteiger partial charge on any atom is -0.467 e. The lowest BCUT2D eigenvalue weighted by atomic mass is 9.97. The molecule has 1 N–H and O–H groups in total. The minimum atomic E-state index is -2.14. The SMILES string of the molecule is COC(=O)[C@]1(COCc2ccccc2)O[C@H](n2ccc(NC(C)=O)nc2=O)C[C@@H]1O[Si](C)(C)C. The van der Waals surface area contributed by atoms with Crippen molar-refractivity contribution in [3.63, 3.8) is 0 Å². The number of amides is 1. The topological polar surface area (TPSA) is 118 Å². The van der Waals surface area contributed by atoms with Gasteiger partial charge in [0.1, 0.15) is 12.0 Å². The Morgan fingerprint density at radius 1 is 1.24 bits per heavy atom. The zero-order valence-corrected chi connectivity index (χ0v) is 21.1. The summed E-state index contributed by atoms with van der Waals surface area (Å²) in [6, 6.07) is 11.0. The van der Waals surface area contributed by atoms with Gasteiger partial charge in [-0.3, -0.25) is 9.36 Å². The van der Waals surface area contributed by atoms with E-state index in [9.17, 15) is 14.4 Å². The average molecular weight is 490 g/mol. The molecule has 34 heavy (non-hydrogen) atoms. The Bertz CT molecular complexity index is 1070. The van der Waals surface area contributed by atoms with Crippen LogP contribution in [0.5, 0.6) is 0 Å². The normalized spacial score (nSPS) is 22.4. The van der Waals surface area contributed by atoms with Gasteiger partial charge in [0.05, 0.1) is 26.4 Å². The summed E-state index contributed by atoms with van der Waals surface area (Å²) in [7, 11) is -0.861. The number of carbonyl (C=O) groups is 2. The zero-order valence-electron chi connectivity index (χ0n) is 20.1. The van der Waals surface area contributed by atoms with Gasteiger partial charge < -0.3 is 24.0 Å². The molecule has 10 nitrogen and oxygen atoms in total. The van der Waals surface area contributed by atoms with E-state index in [1.54, 1.807) is 0 Å². The van der Waals surface area contributed by atoms with Gasteiger partial charge in [0, 0.05) is 19.5 Å². The van der Waals surface area contributed by atoms with E-state index in [2.05, 4.69) is 10.3 Å². The highest BCUT2D eigenvalue weighted by molar-refractivity contribution is 6.69. The Balaban J connectivity index is 1.90. The van der Waals surface area contributed by atoms with Crippen LogP contribution in [0.4, 0.5) is 5.82 Å². The van der Waals surface area contributed by atoms with Crippen LogP contribution in [0.15, 0.2) is 47.4 Å². The second-order valence-electron chi connectivity index (χ2n) is 9.07. The molecule has 1 aromatic heterocycles. The Kier molecular flexibility index (Phi) is 8.03. The maximum atomic E-state index is 13.1. The van der Waals surface area contributed by atoms with E-state index in [1.165, 1.54) is 30.9 Å². The fraction of sp³-hybridized carbons (Fsp3) is 0.478. The van der Waals surface area contributed by atoms with Crippen LogP contribution >= 0.6 is 0 Å². The molecule has 11 heteroatoms. The first-order chi connectivity index (χ1) is 16.0. The fourth-order valence-electron chi connectivity index (χ4n) is 3.80. The zero-order chi connectivity index (χ0) is 24.9. The first-order valence-corrected chi connectivity index (χ1v) is 14.4. The number of nitrogens with one attached hydrogen (secondary N) is 1. The van der Waals surface area contributed by atoms with Gasteiger partial charge in [-0.05, 0) is 31.3 Å². The second-order valence-corrected chi connectivity index (χ2v) is 13.5.